The highest BCUT2D eigenvalue weighted by Gasteiger charge is 2.21. The fourth-order valence-corrected chi connectivity index (χ4v) is 3.74. The monoisotopic (exact) mass is 397 g/mol. The summed E-state index contributed by atoms with van der Waals surface area (Å²) >= 11 is 0. The Morgan fingerprint density at radius 2 is 1.72 bits per heavy atom. The van der Waals surface area contributed by atoms with E-state index in [1.54, 1.807) is 26.4 Å². The Labute approximate surface area is 171 Å². The van der Waals surface area contributed by atoms with E-state index < -0.39 is 12.0 Å². The minimum Gasteiger partial charge on any atom is -0.493 e. The van der Waals surface area contributed by atoms with Crippen molar-refractivity contribution in [1.29, 1.82) is 0 Å². The lowest BCUT2D eigenvalue weighted by Crippen LogP contribution is -2.31. The zero-order chi connectivity index (χ0) is 20.8. The molecule has 3 rings (SSSR count). The average Bonchev–Trinajstić information content (AvgIpc) is 3.20. The normalized spacial score (nSPS) is 13.3. The first kappa shape index (κ1) is 20.7. The number of hydrogen-bond acceptors (Lipinski definition) is 5. The van der Waals surface area contributed by atoms with E-state index in [1.165, 1.54) is 24.7 Å². The van der Waals surface area contributed by atoms with Crippen LogP contribution in [0, 0.1) is 0 Å². The number of benzene rings is 2. The van der Waals surface area contributed by atoms with Crippen molar-refractivity contribution >= 4 is 11.9 Å². The van der Waals surface area contributed by atoms with Gasteiger partial charge in [-0.05, 0) is 53.6 Å². The van der Waals surface area contributed by atoms with E-state index in [9.17, 15) is 9.59 Å². The maximum atomic E-state index is 12.7. The van der Waals surface area contributed by atoms with Gasteiger partial charge in [-0.1, -0.05) is 24.3 Å². The molecule has 2 aromatic carbocycles. The molecule has 6 heteroatoms. The molecule has 0 saturated carbocycles. The highest BCUT2D eigenvalue weighted by atomic mass is 16.5. The molecule has 1 amide bonds. The van der Waals surface area contributed by atoms with Gasteiger partial charge >= 0.3 is 5.97 Å². The third-order valence-electron chi connectivity index (χ3n) is 5.27. The summed E-state index contributed by atoms with van der Waals surface area (Å²) in [6.07, 6.45) is 3.65. The van der Waals surface area contributed by atoms with E-state index in [2.05, 4.69) is 17.4 Å². The summed E-state index contributed by atoms with van der Waals surface area (Å²) in [5.41, 5.74) is 4.44. The van der Waals surface area contributed by atoms with Gasteiger partial charge < -0.3 is 19.5 Å². The molecule has 0 heterocycles. The molecule has 1 aliphatic carbocycles. The molecule has 0 aromatic heterocycles. The van der Waals surface area contributed by atoms with Crippen molar-refractivity contribution < 1.29 is 23.8 Å². The van der Waals surface area contributed by atoms with Gasteiger partial charge in [0.1, 0.15) is 0 Å². The number of ether oxygens (including phenoxy) is 3. The van der Waals surface area contributed by atoms with E-state index >= 15 is 0 Å². The Hall–Kier alpha value is -3.02. The quantitative estimate of drug-likeness (QED) is 0.693. The van der Waals surface area contributed by atoms with E-state index in [0.717, 1.165) is 24.0 Å². The van der Waals surface area contributed by atoms with Crippen LogP contribution in [-0.2, 0) is 33.6 Å². The number of fused-ring (bicyclic) bond motifs is 1. The van der Waals surface area contributed by atoms with Gasteiger partial charge in [0.05, 0.1) is 40.2 Å². The average molecular weight is 397 g/mol. The van der Waals surface area contributed by atoms with E-state index in [-0.39, 0.29) is 18.7 Å². The topological polar surface area (TPSA) is 73.9 Å². The van der Waals surface area contributed by atoms with Crippen molar-refractivity contribution in [3.63, 3.8) is 0 Å². The molecule has 0 spiro atoms. The maximum Gasteiger partial charge on any atom is 0.307 e. The number of amides is 1. The van der Waals surface area contributed by atoms with Gasteiger partial charge in [0, 0.05) is 0 Å². The van der Waals surface area contributed by atoms with Crippen LogP contribution in [0.3, 0.4) is 0 Å². The smallest absolute Gasteiger partial charge is 0.307 e. The number of carbonyl (C=O) groups excluding carboxylic acids is 2. The largest absolute Gasteiger partial charge is 0.493 e. The fraction of sp³-hybridized carbons (Fsp3) is 0.391. The number of nitrogens with one attached hydrogen (secondary N) is 1. The lowest BCUT2D eigenvalue weighted by atomic mass is 10.0. The fourth-order valence-electron chi connectivity index (χ4n) is 3.74. The third-order valence-corrected chi connectivity index (χ3v) is 5.27. The van der Waals surface area contributed by atoms with Crippen LogP contribution in [0.15, 0.2) is 36.4 Å². The lowest BCUT2D eigenvalue weighted by Gasteiger charge is -2.20. The number of hydrogen-bond donors (Lipinski definition) is 1. The molecule has 0 fully saturated rings. The molecule has 154 valence electrons. The van der Waals surface area contributed by atoms with Crippen molar-refractivity contribution in [2.45, 2.75) is 38.1 Å². The SMILES string of the molecule is COC(=O)CC(NC(=O)Cc1ccc2c(c1)CCC2)c1ccc(OC)c(OC)c1. The van der Waals surface area contributed by atoms with Crippen LogP contribution in [0.4, 0.5) is 0 Å². The predicted octanol–water partition coefficient (Wildman–Crippen LogP) is 3.16. The van der Waals surface area contributed by atoms with Gasteiger partial charge in [-0.2, -0.15) is 0 Å². The van der Waals surface area contributed by atoms with Crippen LogP contribution in [0.1, 0.15) is 41.1 Å². The van der Waals surface area contributed by atoms with E-state index in [4.69, 9.17) is 14.2 Å². The first-order valence-corrected chi connectivity index (χ1v) is 9.72. The third kappa shape index (κ3) is 5.08. The van der Waals surface area contributed by atoms with E-state index in [0.29, 0.717) is 11.5 Å². The number of carbonyl (C=O) groups is 2. The van der Waals surface area contributed by atoms with Crippen LogP contribution >= 0.6 is 0 Å². The molecule has 1 unspecified atom stereocenters. The minimum absolute atomic E-state index is 0.0297. The number of rotatable bonds is 8. The summed E-state index contributed by atoms with van der Waals surface area (Å²) in [7, 11) is 4.44. The zero-order valence-corrected chi connectivity index (χ0v) is 17.1. The number of esters is 1. The highest BCUT2D eigenvalue weighted by molar-refractivity contribution is 5.80. The Morgan fingerprint density at radius 1 is 0.966 bits per heavy atom. The Bertz CT molecular complexity index is 893. The predicted molar refractivity (Wildman–Crippen MR) is 109 cm³/mol. The van der Waals surface area contributed by atoms with Crippen LogP contribution in [0.5, 0.6) is 11.5 Å². The highest BCUT2D eigenvalue weighted by Crippen LogP contribution is 2.31. The summed E-state index contributed by atoms with van der Waals surface area (Å²) in [5, 5.41) is 2.97. The van der Waals surface area contributed by atoms with Crippen LogP contribution < -0.4 is 14.8 Å². The van der Waals surface area contributed by atoms with Gasteiger partial charge in [0.15, 0.2) is 11.5 Å². The lowest BCUT2D eigenvalue weighted by molar-refractivity contribution is -0.141. The molecule has 2 aromatic rings. The molecule has 1 atom stereocenters. The molecule has 0 aliphatic heterocycles. The standard InChI is InChI=1S/C23H27NO5/c1-27-20-10-9-18(13-21(20)28-2)19(14-23(26)29-3)24-22(25)12-15-7-8-16-5-4-6-17(16)11-15/h7-11,13,19H,4-6,12,14H2,1-3H3,(H,24,25). The molecule has 0 saturated heterocycles. The second-order valence-corrected chi connectivity index (χ2v) is 7.15. The van der Waals surface area contributed by atoms with Gasteiger partial charge in [0.25, 0.3) is 0 Å². The van der Waals surface area contributed by atoms with Gasteiger partial charge in [-0.25, -0.2) is 0 Å². The molecule has 0 bridgehead atoms. The van der Waals surface area contributed by atoms with Crippen molar-refractivity contribution in [1.82, 2.24) is 5.32 Å². The Morgan fingerprint density at radius 3 is 2.45 bits per heavy atom. The molecule has 29 heavy (non-hydrogen) atoms. The molecule has 1 N–H and O–H groups in total. The van der Waals surface area contributed by atoms with Crippen molar-refractivity contribution in [3.8, 4) is 11.5 Å². The Kier molecular flexibility index (Phi) is 6.75. The van der Waals surface area contributed by atoms with Crippen molar-refractivity contribution in [3.05, 3.63) is 58.7 Å². The molecule has 6 nitrogen and oxygen atoms in total. The van der Waals surface area contributed by atoms with Gasteiger partial charge in [-0.3, -0.25) is 9.59 Å². The van der Waals surface area contributed by atoms with Gasteiger partial charge in [0.2, 0.25) is 5.91 Å². The minimum atomic E-state index is -0.524. The molecular formula is C23H27NO5. The van der Waals surface area contributed by atoms with Gasteiger partial charge in [-0.15, -0.1) is 0 Å². The molecular weight excluding hydrogens is 370 g/mol. The first-order valence-electron chi connectivity index (χ1n) is 9.72. The summed E-state index contributed by atoms with van der Waals surface area (Å²) in [6, 6.07) is 11.1. The summed E-state index contributed by atoms with van der Waals surface area (Å²) in [5.74, 6) is 0.569. The Balaban J connectivity index is 1.76. The summed E-state index contributed by atoms with van der Waals surface area (Å²) in [6.45, 7) is 0. The maximum absolute atomic E-state index is 12.7. The molecule has 0 radical (unpaired) electrons. The second-order valence-electron chi connectivity index (χ2n) is 7.15. The zero-order valence-electron chi connectivity index (χ0n) is 17.1. The summed E-state index contributed by atoms with van der Waals surface area (Å²) < 4.78 is 15.4. The first-order chi connectivity index (χ1) is 14.0. The van der Waals surface area contributed by atoms with Crippen molar-refractivity contribution in [2.75, 3.05) is 21.3 Å². The van der Waals surface area contributed by atoms with Crippen molar-refractivity contribution in [2.24, 2.45) is 0 Å². The number of methoxy groups -OCH3 is 3. The van der Waals surface area contributed by atoms with E-state index in [1.807, 2.05) is 12.1 Å². The van der Waals surface area contributed by atoms with Crippen LogP contribution in [-0.4, -0.2) is 33.2 Å². The van der Waals surface area contributed by atoms with Crippen LogP contribution in [0.2, 0.25) is 0 Å². The van der Waals surface area contributed by atoms with Crippen LogP contribution in [0.25, 0.3) is 0 Å². The summed E-state index contributed by atoms with van der Waals surface area (Å²) in [4.78, 5) is 24.6. The number of aryl methyl sites for hydroxylation is 2. The molecule has 1 aliphatic rings. The second kappa shape index (κ2) is 9.45.